The summed E-state index contributed by atoms with van der Waals surface area (Å²) < 4.78 is 5.18. The first-order valence-corrected chi connectivity index (χ1v) is 8.78. The average molecular weight is 389 g/mol. The number of ether oxygens (including phenoxy) is 1. The predicted octanol–water partition coefficient (Wildman–Crippen LogP) is 3.36. The quantitative estimate of drug-likeness (QED) is 0.710. The summed E-state index contributed by atoms with van der Waals surface area (Å²) in [6, 6.07) is 13.3. The number of carbonyl (C=O) groups is 3. The molecule has 2 aromatic rings. The van der Waals surface area contributed by atoms with Crippen molar-refractivity contribution in [3.8, 4) is 0 Å². The topological polar surface area (TPSA) is 98.5 Å². The maximum absolute atomic E-state index is 12.5. The van der Waals surface area contributed by atoms with Gasteiger partial charge in [-0.1, -0.05) is 49.7 Å². The third-order valence-electron chi connectivity index (χ3n) is 3.96. The molecule has 27 heavy (non-hydrogen) atoms. The van der Waals surface area contributed by atoms with Crippen LogP contribution in [-0.2, 0) is 14.3 Å². The molecule has 0 aliphatic rings. The van der Waals surface area contributed by atoms with Crippen LogP contribution < -0.4 is 11.1 Å². The van der Waals surface area contributed by atoms with Crippen LogP contribution in [0.4, 0.5) is 5.69 Å². The van der Waals surface area contributed by atoms with Gasteiger partial charge < -0.3 is 15.8 Å². The Balaban J connectivity index is 2.02. The highest BCUT2D eigenvalue weighted by Crippen LogP contribution is 2.27. The van der Waals surface area contributed by atoms with Crippen molar-refractivity contribution in [1.82, 2.24) is 0 Å². The Morgan fingerprint density at radius 1 is 1.07 bits per heavy atom. The molecule has 0 saturated heterocycles. The molecule has 0 aliphatic carbocycles. The number of primary amides is 1. The van der Waals surface area contributed by atoms with Crippen molar-refractivity contribution < 1.29 is 19.1 Å². The van der Waals surface area contributed by atoms with Crippen molar-refractivity contribution in [1.29, 1.82) is 0 Å². The highest BCUT2D eigenvalue weighted by Gasteiger charge is 2.26. The zero-order chi connectivity index (χ0) is 20.0. The summed E-state index contributed by atoms with van der Waals surface area (Å²) >= 11 is 5.89. The standard InChI is InChI=1S/C20H21ClN2O4/c1-12(2)18(13-7-9-14(21)10-8-13)20(26)27-11-17(24)23-16-6-4-3-5-15(16)19(22)25/h3-10,12,18H,11H2,1-2H3,(H2,22,25)(H,23,24)/t18-/m1/s1. The van der Waals surface area contributed by atoms with Gasteiger partial charge in [-0.25, -0.2) is 0 Å². The Kier molecular flexibility index (Phi) is 6.96. The summed E-state index contributed by atoms with van der Waals surface area (Å²) in [6.07, 6.45) is 0. The fourth-order valence-electron chi connectivity index (χ4n) is 2.68. The molecule has 2 amide bonds. The fraction of sp³-hybridized carbons (Fsp3) is 0.250. The van der Waals surface area contributed by atoms with Crippen molar-refractivity contribution >= 4 is 35.1 Å². The van der Waals surface area contributed by atoms with Gasteiger partial charge in [0.05, 0.1) is 17.2 Å². The van der Waals surface area contributed by atoms with Crippen LogP contribution in [0.5, 0.6) is 0 Å². The van der Waals surface area contributed by atoms with E-state index < -0.39 is 30.3 Å². The van der Waals surface area contributed by atoms with E-state index in [0.717, 1.165) is 5.56 Å². The van der Waals surface area contributed by atoms with Crippen LogP contribution in [0, 0.1) is 5.92 Å². The molecule has 1 atom stereocenters. The lowest BCUT2D eigenvalue weighted by Gasteiger charge is -2.20. The van der Waals surface area contributed by atoms with Crippen LogP contribution in [0.1, 0.15) is 35.7 Å². The number of amides is 2. The summed E-state index contributed by atoms with van der Waals surface area (Å²) in [4.78, 5) is 36.0. The molecule has 6 nitrogen and oxygen atoms in total. The minimum absolute atomic E-state index is 0.0303. The Hall–Kier alpha value is -2.86. The van der Waals surface area contributed by atoms with Crippen molar-refractivity contribution in [2.75, 3.05) is 11.9 Å². The number of hydrogen-bond acceptors (Lipinski definition) is 4. The smallest absolute Gasteiger partial charge is 0.314 e. The molecule has 0 bridgehead atoms. The summed E-state index contributed by atoms with van der Waals surface area (Å²) in [7, 11) is 0. The Morgan fingerprint density at radius 3 is 2.30 bits per heavy atom. The van der Waals surface area contributed by atoms with Crippen LogP contribution in [0.3, 0.4) is 0 Å². The second-order valence-electron chi connectivity index (χ2n) is 6.34. The van der Waals surface area contributed by atoms with Crippen LogP contribution in [0.15, 0.2) is 48.5 Å². The third-order valence-corrected chi connectivity index (χ3v) is 4.21. The van der Waals surface area contributed by atoms with Gasteiger partial charge in [0.1, 0.15) is 0 Å². The summed E-state index contributed by atoms with van der Waals surface area (Å²) in [5.41, 5.74) is 6.49. The molecule has 0 spiro atoms. The Labute approximate surface area is 162 Å². The largest absolute Gasteiger partial charge is 0.455 e. The van der Waals surface area contributed by atoms with E-state index in [9.17, 15) is 14.4 Å². The minimum Gasteiger partial charge on any atom is -0.455 e. The normalized spacial score (nSPS) is 11.7. The molecule has 3 N–H and O–H groups in total. The zero-order valence-electron chi connectivity index (χ0n) is 15.1. The molecular weight excluding hydrogens is 368 g/mol. The molecule has 2 rings (SSSR count). The molecule has 0 aromatic heterocycles. The van der Waals surface area contributed by atoms with Crippen LogP contribution in [-0.4, -0.2) is 24.4 Å². The van der Waals surface area contributed by atoms with Gasteiger partial charge in [0, 0.05) is 5.02 Å². The summed E-state index contributed by atoms with van der Waals surface area (Å²) in [5, 5.41) is 3.10. The van der Waals surface area contributed by atoms with Crippen molar-refractivity contribution in [2.45, 2.75) is 19.8 Å². The zero-order valence-corrected chi connectivity index (χ0v) is 15.8. The molecule has 7 heteroatoms. The van der Waals surface area contributed by atoms with E-state index >= 15 is 0 Å². The number of esters is 1. The van der Waals surface area contributed by atoms with E-state index in [1.807, 2.05) is 13.8 Å². The van der Waals surface area contributed by atoms with E-state index in [2.05, 4.69) is 5.32 Å². The van der Waals surface area contributed by atoms with Crippen LogP contribution in [0.25, 0.3) is 0 Å². The lowest BCUT2D eigenvalue weighted by Crippen LogP contribution is -2.27. The first-order chi connectivity index (χ1) is 12.8. The van der Waals surface area contributed by atoms with Gasteiger partial charge in [0.15, 0.2) is 6.61 Å². The lowest BCUT2D eigenvalue weighted by molar-refractivity contribution is -0.149. The van der Waals surface area contributed by atoms with Gasteiger partial charge >= 0.3 is 5.97 Å². The Bertz CT molecular complexity index is 834. The van der Waals surface area contributed by atoms with Gasteiger partial charge in [-0.15, -0.1) is 0 Å². The number of anilines is 1. The maximum Gasteiger partial charge on any atom is 0.314 e. The van der Waals surface area contributed by atoms with E-state index in [-0.39, 0.29) is 17.2 Å². The molecule has 0 aliphatic heterocycles. The molecule has 0 saturated carbocycles. The monoisotopic (exact) mass is 388 g/mol. The molecular formula is C20H21ClN2O4. The van der Waals surface area contributed by atoms with E-state index in [1.54, 1.807) is 42.5 Å². The van der Waals surface area contributed by atoms with Gasteiger partial charge in [-0.05, 0) is 35.7 Å². The average Bonchev–Trinajstić information content (AvgIpc) is 2.62. The van der Waals surface area contributed by atoms with Crippen molar-refractivity contribution in [3.05, 3.63) is 64.7 Å². The fourth-order valence-corrected chi connectivity index (χ4v) is 2.81. The van der Waals surface area contributed by atoms with E-state index in [1.165, 1.54) is 6.07 Å². The van der Waals surface area contributed by atoms with E-state index in [0.29, 0.717) is 5.02 Å². The molecule has 2 aromatic carbocycles. The van der Waals surface area contributed by atoms with Crippen molar-refractivity contribution in [2.24, 2.45) is 11.7 Å². The molecule has 0 radical (unpaired) electrons. The second kappa shape index (κ2) is 9.19. The SMILES string of the molecule is CC(C)[C@@H](C(=O)OCC(=O)Nc1ccccc1C(N)=O)c1ccc(Cl)cc1. The molecule has 0 fully saturated rings. The number of benzene rings is 2. The van der Waals surface area contributed by atoms with Gasteiger partial charge in [-0.3, -0.25) is 14.4 Å². The predicted molar refractivity (Wildman–Crippen MR) is 104 cm³/mol. The lowest BCUT2D eigenvalue weighted by atomic mass is 9.88. The van der Waals surface area contributed by atoms with Crippen LogP contribution >= 0.6 is 11.6 Å². The highest BCUT2D eigenvalue weighted by molar-refractivity contribution is 6.30. The third kappa shape index (κ3) is 5.56. The number of para-hydroxylation sites is 1. The molecule has 0 unspecified atom stereocenters. The first kappa shape index (κ1) is 20.5. The molecule has 142 valence electrons. The number of rotatable bonds is 7. The highest BCUT2D eigenvalue weighted by atomic mass is 35.5. The van der Waals surface area contributed by atoms with E-state index in [4.69, 9.17) is 22.1 Å². The van der Waals surface area contributed by atoms with Gasteiger partial charge in [0.2, 0.25) is 0 Å². The van der Waals surface area contributed by atoms with Gasteiger partial charge in [-0.2, -0.15) is 0 Å². The Morgan fingerprint density at radius 2 is 1.70 bits per heavy atom. The summed E-state index contributed by atoms with van der Waals surface area (Å²) in [6.45, 7) is 3.32. The summed E-state index contributed by atoms with van der Waals surface area (Å²) in [5.74, 6) is -2.28. The number of carbonyl (C=O) groups excluding carboxylic acids is 3. The van der Waals surface area contributed by atoms with Gasteiger partial charge in [0.25, 0.3) is 11.8 Å². The van der Waals surface area contributed by atoms with Crippen molar-refractivity contribution in [3.63, 3.8) is 0 Å². The number of nitrogens with one attached hydrogen (secondary N) is 1. The maximum atomic E-state index is 12.5. The number of halogens is 1. The minimum atomic E-state index is -0.662. The number of hydrogen-bond donors (Lipinski definition) is 2. The second-order valence-corrected chi connectivity index (χ2v) is 6.78. The number of nitrogens with two attached hydrogens (primary N) is 1. The first-order valence-electron chi connectivity index (χ1n) is 8.40. The van der Waals surface area contributed by atoms with Crippen LogP contribution in [0.2, 0.25) is 5.02 Å². The molecule has 0 heterocycles.